The minimum Gasteiger partial charge on any atom is -0.323 e. The average molecular weight is 447 g/mol. The number of benzene rings is 1. The third-order valence-electron chi connectivity index (χ3n) is 10.1. The molecule has 178 valence electrons. The molecule has 4 nitrogen and oxygen atoms in total. The molecule has 2 aliphatic carbocycles. The van der Waals surface area contributed by atoms with Crippen molar-refractivity contribution < 1.29 is 0 Å². The summed E-state index contributed by atoms with van der Waals surface area (Å²) in [6.45, 7) is 1.14. The number of rotatable bonds is 3. The molecule has 4 bridgehead atoms. The van der Waals surface area contributed by atoms with Crippen LogP contribution in [0.15, 0.2) is 24.3 Å². The van der Waals surface area contributed by atoms with Crippen molar-refractivity contribution >= 4 is 11.0 Å². The van der Waals surface area contributed by atoms with Crippen LogP contribution in [-0.4, -0.2) is 39.1 Å². The third kappa shape index (κ3) is 3.76. The summed E-state index contributed by atoms with van der Waals surface area (Å²) in [4.78, 5) is 8.32. The van der Waals surface area contributed by atoms with E-state index in [0.717, 1.165) is 36.5 Å². The van der Waals surface area contributed by atoms with Crippen LogP contribution in [0.3, 0.4) is 0 Å². The Labute approximate surface area is 199 Å². The highest BCUT2D eigenvalue weighted by Crippen LogP contribution is 2.47. The van der Waals surface area contributed by atoms with Gasteiger partial charge in [0.05, 0.1) is 17.1 Å². The second kappa shape index (κ2) is 8.68. The molecule has 0 spiro atoms. The van der Waals surface area contributed by atoms with Gasteiger partial charge in [-0.3, -0.25) is 4.90 Å². The molecule has 5 fully saturated rings. The van der Waals surface area contributed by atoms with Gasteiger partial charge < -0.3 is 9.88 Å². The minimum absolute atomic E-state index is 0.441. The molecule has 7 atom stereocenters. The molecule has 5 aliphatic rings. The van der Waals surface area contributed by atoms with Crippen molar-refractivity contribution in [3.63, 3.8) is 0 Å². The number of hydrogen-bond donors (Lipinski definition) is 1. The number of piperidine rings is 2. The van der Waals surface area contributed by atoms with Crippen molar-refractivity contribution in [2.45, 2.75) is 120 Å². The Balaban J connectivity index is 1.19. The molecule has 3 unspecified atom stereocenters. The van der Waals surface area contributed by atoms with Gasteiger partial charge in [0.1, 0.15) is 5.82 Å². The van der Waals surface area contributed by atoms with Gasteiger partial charge in [-0.15, -0.1) is 0 Å². The Morgan fingerprint density at radius 1 is 0.697 bits per heavy atom. The van der Waals surface area contributed by atoms with Crippen LogP contribution >= 0.6 is 0 Å². The average Bonchev–Trinajstić information content (AvgIpc) is 3.45. The zero-order chi connectivity index (χ0) is 21.8. The highest BCUT2D eigenvalue weighted by molar-refractivity contribution is 5.76. The summed E-state index contributed by atoms with van der Waals surface area (Å²) in [5, 5.41) is 3.76. The molecule has 1 aromatic carbocycles. The number of fused-ring (bicyclic) bond motifs is 5. The molecule has 1 aromatic heterocycles. The maximum Gasteiger partial charge on any atom is 0.127 e. The zero-order valence-corrected chi connectivity index (χ0v) is 20.3. The van der Waals surface area contributed by atoms with E-state index >= 15 is 0 Å². The molecule has 33 heavy (non-hydrogen) atoms. The lowest BCUT2D eigenvalue weighted by molar-refractivity contribution is -0.0421. The minimum atomic E-state index is 0.441. The van der Waals surface area contributed by atoms with E-state index in [1.165, 1.54) is 100 Å². The van der Waals surface area contributed by atoms with Gasteiger partial charge in [0, 0.05) is 24.2 Å². The standard InChI is InChI=1S/C29H42N4/c1-2-8-21-15-20(7-1)16-24(17-21)32-22-9-5-10-23(32)19-25(18-22)33-28-13-4-3-11-26(28)31-29(33)27-12-6-14-30-27/h3-4,11,13,20-25,27,30H,1-2,5-10,12,14-19H2/t20-,21+,22-,23+,24?,25?,27?. The predicted octanol–water partition coefficient (Wildman–Crippen LogP) is 6.38. The molecule has 7 rings (SSSR count). The van der Waals surface area contributed by atoms with Crippen molar-refractivity contribution in [2.75, 3.05) is 6.54 Å². The van der Waals surface area contributed by atoms with Crippen molar-refractivity contribution in [2.24, 2.45) is 11.8 Å². The first kappa shape index (κ1) is 20.9. The summed E-state index contributed by atoms with van der Waals surface area (Å²) in [7, 11) is 0. The smallest absolute Gasteiger partial charge is 0.127 e. The largest absolute Gasteiger partial charge is 0.323 e. The van der Waals surface area contributed by atoms with Crippen LogP contribution in [0.25, 0.3) is 11.0 Å². The molecule has 2 aromatic rings. The number of para-hydroxylation sites is 2. The second-order valence-electron chi connectivity index (χ2n) is 12.2. The summed E-state index contributed by atoms with van der Waals surface area (Å²) in [6, 6.07) is 12.4. The molecule has 3 saturated heterocycles. The van der Waals surface area contributed by atoms with Crippen LogP contribution in [0.5, 0.6) is 0 Å². The van der Waals surface area contributed by atoms with Crippen molar-refractivity contribution in [1.29, 1.82) is 0 Å². The van der Waals surface area contributed by atoms with Gasteiger partial charge >= 0.3 is 0 Å². The zero-order valence-electron chi connectivity index (χ0n) is 20.3. The van der Waals surface area contributed by atoms with Gasteiger partial charge in [-0.1, -0.05) is 44.2 Å². The van der Waals surface area contributed by atoms with Gasteiger partial charge in [-0.25, -0.2) is 4.98 Å². The molecule has 1 N–H and O–H groups in total. The Morgan fingerprint density at radius 3 is 2.18 bits per heavy atom. The van der Waals surface area contributed by atoms with Crippen LogP contribution in [0, 0.1) is 11.8 Å². The Hall–Kier alpha value is -1.39. The Morgan fingerprint density at radius 2 is 1.45 bits per heavy atom. The van der Waals surface area contributed by atoms with Crippen molar-refractivity contribution in [1.82, 2.24) is 19.8 Å². The molecule has 3 aliphatic heterocycles. The quantitative estimate of drug-likeness (QED) is 0.594. The number of hydrogen-bond acceptors (Lipinski definition) is 3. The van der Waals surface area contributed by atoms with Gasteiger partial charge in [-0.05, 0) is 88.3 Å². The summed E-state index contributed by atoms with van der Waals surface area (Å²) in [6.07, 6.45) is 20.0. The SMILES string of the molecule is c1ccc2c(c1)nc(C1CCCN1)n2C1C[C@H]2CCC[C@@H](C1)N2C1C[C@H]2CCCC[C@@H](C1)C2. The lowest BCUT2D eigenvalue weighted by Crippen LogP contribution is -2.58. The number of nitrogens with zero attached hydrogens (tertiary/aromatic N) is 3. The summed E-state index contributed by atoms with van der Waals surface area (Å²) < 4.78 is 2.71. The van der Waals surface area contributed by atoms with E-state index < -0.39 is 0 Å². The molecule has 0 radical (unpaired) electrons. The first-order chi connectivity index (χ1) is 16.3. The highest BCUT2D eigenvalue weighted by Gasteiger charge is 2.45. The monoisotopic (exact) mass is 446 g/mol. The third-order valence-corrected chi connectivity index (χ3v) is 10.1. The van der Waals surface area contributed by atoms with Crippen LogP contribution < -0.4 is 5.32 Å². The molecular formula is C29H42N4. The van der Waals surface area contributed by atoms with Crippen molar-refractivity contribution in [3.8, 4) is 0 Å². The predicted molar refractivity (Wildman–Crippen MR) is 134 cm³/mol. The molecule has 2 saturated carbocycles. The van der Waals surface area contributed by atoms with E-state index in [2.05, 4.69) is 39.0 Å². The van der Waals surface area contributed by atoms with Gasteiger partial charge in [0.15, 0.2) is 0 Å². The molecule has 4 heteroatoms. The van der Waals surface area contributed by atoms with Crippen LogP contribution in [0.1, 0.15) is 108 Å². The lowest BCUT2D eigenvalue weighted by atomic mass is 9.73. The Kier molecular flexibility index (Phi) is 5.51. The van der Waals surface area contributed by atoms with E-state index in [1.807, 2.05) is 0 Å². The molecule has 4 heterocycles. The van der Waals surface area contributed by atoms with E-state index in [9.17, 15) is 0 Å². The van der Waals surface area contributed by atoms with E-state index in [-0.39, 0.29) is 0 Å². The first-order valence-electron chi connectivity index (χ1n) is 14.3. The van der Waals surface area contributed by atoms with Crippen LogP contribution in [0.2, 0.25) is 0 Å². The van der Waals surface area contributed by atoms with Crippen LogP contribution in [0.4, 0.5) is 0 Å². The first-order valence-corrected chi connectivity index (χ1v) is 14.3. The van der Waals surface area contributed by atoms with Crippen LogP contribution in [-0.2, 0) is 0 Å². The summed E-state index contributed by atoms with van der Waals surface area (Å²) in [5.74, 6) is 3.37. The number of aromatic nitrogens is 2. The van der Waals surface area contributed by atoms with Gasteiger partial charge in [0.2, 0.25) is 0 Å². The van der Waals surface area contributed by atoms with Crippen molar-refractivity contribution in [3.05, 3.63) is 30.1 Å². The number of nitrogens with one attached hydrogen (secondary N) is 1. The fraction of sp³-hybridized carbons (Fsp3) is 0.759. The fourth-order valence-electron chi connectivity index (χ4n) is 8.90. The second-order valence-corrected chi connectivity index (χ2v) is 12.2. The summed E-state index contributed by atoms with van der Waals surface area (Å²) in [5.41, 5.74) is 2.58. The van der Waals surface area contributed by atoms with E-state index in [1.54, 1.807) is 6.42 Å². The summed E-state index contributed by atoms with van der Waals surface area (Å²) >= 11 is 0. The van der Waals surface area contributed by atoms with E-state index in [4.69, 9.17) is 4.98 Å². The Bertz CT molecular complexity index is 947. The van der Waals surface area contributed by atoms with E-state index in [0.29, 0.717) is 12.1 Å². The molecular weight excluding hydrogens is 404 g/mol. The molecule has 0 amide bonds. The normalized spacial score (nSPS) is 39.6. The fourth-order valence-corrected chi connectivity index (χ4v) is 8.90. The van der Waals surface area contributed by atoms with Gasteiger partial charge in [-0.2, -0.15) is 0 Å². The topological polar surface area (TPSA) is 33.1 Å². The maximum atomic E-state index is 5.21. The highest BCUT2D eigenvalue weighted by atomic mass is 15.3. The van der Waals surface area contributed by atoms with Gasteiger partial charge in [0.25, 0.3) is 0 Å². The maximum absolute atomic E-state index is 5.21. The lowest BCUT2D eigenvalue weighted by Gasteiger charge is -2.54. The number of imidazole rings is 1.